The fourth-order valence-electron chi connectivity index (χ4n) is 2.67. The first kappa shape index (κ1) is 17.1. The highest BCUT2D eigenvalue weighted by molar-refractivity contribution is 9.10. The van der Waals surface area contributed by atoms with Gasteiger partial charge in [-0.15, -0.1) is 0 Å². The second kappa shape index (κ2) is 8.39. The van der Waals surface area contributed by atoms with Gasteiger partial charge in [0.2, 0.25) is 5.91 Å². The molecule has 1 aliphatic rings. The van der Waals surface area contributed by atoms with E-state index in [1.807, 2.05) is 0 Å². The van der Waals surface area contributed by atoms with Gasteiger partial charge in [0, 0.05) is 23.0 Å². The molecule has 0 atom stereocenters. The average molecular weight is 371 g/mol. The Balaban J connectivity index is 1.93. The lowest BCUT2D eigenvalue weighted by atomic mass is 9.93. The van der Waals surface area contributed by atoms with Gasteiger partial charge in [0.05, 0.1) is 19.9 Å². The molecule has 1 heterocycles. The summed E-state index contributed by atoms with van der Waals surface area (Å²) in [5, 5.41) is 6.28. The number of hydrogen-bond donors (Lipinski definition) is 2. The molecule has 22 heavy (non-hydrogen) atoms. The highest BCUT2D eigenvalue weighted by Gasteiger charge is 2.16. The number of halogens is 1. The van der Waals surface area contributed by atoms with Crippen LogP contribution in [-0.4, -0.2) is 33.2 Å². The molecule has 0 spiro atoms. The molecule has 0 unspecified atom stereocenters. The molecule has 1 aromatic carbocycles. The Bertz CT molecular complexity index is 516. The van der Waals surface area contributed by atoms with Gasteiger partial charge in [0.1, 0.15) is 0 Å². The number of anilines is 1. The molecule has 0 saturated carbocycles. The van der Waals surface area contributed by atoms with Crippen LogP contribution in [0.25, 0.3) is 0 Å². The van der Waals surface area contributed by atoms with E-state index >= 15 is 0 Å². The van der Waals surface area contributed by atoms with Gasteiger partial charge < -0.3 is 20.1 Å². The van der Waals surface area contributed by atoms with Gasteiger partial charge in [-0.1, -0.05) is 0 Å². The third kappa shape index (κ3) is 4.61. The number of carbonyl (C=O) groups is 1. The first-order valence-electron chi connectivity index (χ1n) is 7.56. The second-order valence-electron chi connectivity index (χ2n) is 5.47. The number of benzene rings is 1. The number of ether oxygens (including phenoxy) is 2. The number of nitrogens with one attached hydrogen (secondary N) is 2. The molecule has 1 fully saturated rings. The van der Waals surface area contributed by atoms with Crippen molar-refractivity contribution in [3.8, 4) is 11.5 Å². The molecule has 0 aliphatic carbocycles. The molecule has 1 aromatic rings. The zero-order valence-corrected chi connectivity index (χ0v) is 14.7. The van der Waals surface area contributed by atoms with Gasteiger partial charge in [-0.25, -0.2) is 0 Å². The van der Waals surface area contributed by atoms with Crippen LogP contribution in [0.5, 0.6) is 11.5 Å². The minimum Gasteiger partial charge on any atom is -0.493 e. The third-order valence-corrected chi connectivity index (χ3v) is 4.64. The first-order chi connectivity index (χ1) is 10.6. The van der Waals surface area contributed by atoms with Crippen LogP contribution in [0.1, 0.15) is 25.7 Å². The molecule has 2 N–H and O–H groups in total. The monoisotopic (exact) mass is 370 g/mol. The van der Waals surface area contributed by atoms with Gasteiger partial charge in [0.25, 0.3) is 0 Å². The Morgan fingerprint density at radius 3 is 2.55 bits per heavy atom. The summed E-state index contributed by atoms with van der Waals surface area (Å²) in [7, 11) is 3.16. The lowest BCUT2D eigenvalue weighted by Crippen LogP contribution is -2.28. The molecule has 6 heteroatoms. The van der Waals surface area contributed by atoms with Gasteiger partial charge in [-0.2, -0.15) is 0 Å². The molecule has 122 valence electrons. The zero-order valence-electron chi connectivity index (χ0n) is 13.1. The lowest BCUT2D eigenvalue weighted by molar-refractivity contribution is -0.116. The van der Waals surface area contributed by atoms with Crippen molar-refractivity contribution in [1.29, 1.82) is 0 Å². The first-order valence-corrected chi connectivity index (χ1v) is 8.35. The molecule has 1 saturated heterocycles. The smallest absolute Gasteiger partial charge is 0.224 e. The third-order valence-electron chi connectivity index (χ3n) is 3.99. The topological polar surface area (TPSA) is 59.6 Å². The van der Waals surface area contributed by atoms with E-state index in [9.17, 15) is 4.79 Å². The standard InChI is InChI=1S/C16H23BrN2O3/c1-21-14-9-12(17)13(10-15(14)22-2)19-16(20)4-3-11-5-7-18-8-6-11/h9-11,18H,3-8H2,1-2H3,(H,19,20). The Labute approximate surface area is 139 Å². The summed E-state index contributed by atoms with van der Waals surface area (Å²) >= 11 is 3.45. The van der Waals surface area contributed by atoms with Gasteiger partial charge in [0.15, 0.2) is 11.5 Å². The second-order valence-corrected chi connectivity index (χ2v) is 6.32. The Morgan fingerprint density at radius 1 is 1.27 bits per heavy atom. The SMILES string of the molecule is COc1cc(Br)c(NC(=O)CCC2CCNCC2)cc1OC. The average Bonchev–Trinajstić information content (AvgIpc) is 2.55. The maximum atomic E-state index is 12.1. The maximum Gasteiger partial charge on any atom is 0.224 e. The summed E-state index contributed by atoms with van der Waals surface area (Å²) in [5.41, 5.74) is 0.702. The summed E-state index contributed by atoms with van der Waals surface area (Å²) in [4.78, 5) is 12.1. The lowest BCUT2D eigenvalue weighted by Gasteiger charge is -2.22. The van der Waals surface area contributed by atoms with Crippen LogP contribution in [0.2, 0.25) is 0 Å². The number of carbonyl (C=O) groups excluding carboxylic acids is 1. The van der Waals surface area contributed by atoms with Crippen LogP contribution in [0.4, 0.5) is 5.69 Å². The zero-order chi connectivity index (χ0) is 15.9. The number of hydrogen-bond acceptors (Lipinski definition) is 4. The number of piperidine rings is 1. The molecule has 0 bridgehead atoms. The minimum absolute atomic E-state index is 0.0338. The van der Waals surface area contributed by atoms with Crippen molar-refractivity contribution < 1.29 is 14.3 Å². The predicted molar refractivity (Wildman–Crippen MR) is 90.7 cm³/mol. The van der Waals surface area contributed by atoms with Crippen LogP contribution in [-0.2, 0) is 4.79 Å². The van der Waals surface area contributed by atoms with Gasteiger partial charge in [-0.3, -0.25) is 4.79 Å². The Kier molecular flexibility index (Phi) is 6.51. The molecule has 0 radical (unpaired) electrons. The van der Waals surface area contributed by atoms with E-state index in [1.54, 1.807) is 26.4 Å². The van der Waals surface area contributed by atoms with E-state index in [2.05, 4.69) is 26.6 Å². The van der Waals surface area contributed by atoms with E-state index in [0.29, 0.717) is 29.5 Å². The normalized spacial score (nSPS) is 15.4. The molecular weight excluding hydrogens is 348 g/mol. The van der Waals surface area contributed by atoms with Crippen LogP contribution >= 0.6 is 15.9 Å². The largest absolute Gasteiger partial charge is 0.493 e. The molecule has 2 rings (SSSR count). The minimum atomic E-state index is 0.0338. The van der Waals surface area contributed by atoms with Crippen molar-refractivity contribution in [2.45, 2.75) is 25.7 Å². The highest BCUT2D eigenvalue weighted by Crippen LogP contribution is 2.36. The van der Waals surface area contributed by atoms with Crippen molar-refractivity contribution in [2.24, 2.45) is 5.92 Å². The van der Waals surface area contributed by atoms with Crippen molar-refractivity contribution in [3.63, 3.8) is 0 Å². The molecule has 5 nitrogen and oxygen atoms in total. The quantitative estimate of drug-likeness (QED) is 0.807. The number of methoxy groups -OCH3 is 2. The summed E-state index contributed by atoms with van der Waals surface area (Å²) < 4.78 is 11.3. The summed E-state index contributed by atoms with van der Waals surface area (Å²) in [6.07, 6.45) is 3.81. The fraction of sp³-hybridized carbons (Fsp3) is 0.562. The fourth-order valence-corrected chi connectivity index (χ4v) is 3.09. The van der Waals surface area contributed by atoms with Crippen LogP contribution in [0, 0.1) is 5.92 Å². The van der Waals surface area contributed by atoms with E-state index in [4.69, 9.17) is 9.47 Å². The van der Waals surface area contributed by atoms with Crippen molar-refractivity contribution >= 4 is 27.5 Å². The van der Waals surface area contributed by atoms with E-state index in [-0.39, 0.29) is 5.91 Å². The van der Waals surface area contributed by atoms with E-state index in [1.165, 1.54) is 0 Å². The Morgan fingerprint density at radius 2 is 1.91 bits per heavy atom. The molecule has 1 amide bonds. The van der Waals surface area contributed by atoms with Crippen molar-refractivity contribution in [1.82, 2.24) is 5.32 Å². The van der Waals surface area contributed by atoms with Crippen LogP contribution < -0.4 is 20.1 Å². The predicted octanol–water partition coefficient (Wildman–Crippen LogP) is 3.18. The van der Waals surface area contributed by atoms with Crippen molar-refractivity contribution in [2.75, 3.05) is 32.6 Å². The van der Waals surface area contributed by atoms with Gasteiger partial charge >= 0.3 is 0 Å². The van der Waals surface area contributed by atoms with E-state index < -0.39 is 0 Å². The van der Waals surface area contributed by atoms with Gasteiger partial charge in [-0.05, 0) is 54.2 Å². The molecular formula is C16H23BrN2O3. The Hall–Kier alpha value is -1.27. The highest BCUT2D eigenvalue weighted by atomic mass is 79.9. The molecule has 0 aromatic heterocycles. The molecule has 1 aliphatic heterocycles. The summed E-state index contributed by atoms with van der Waals surface area (Å²) in [6, 6.07) is 3.56. The van der Waals surface area contributed by atoms with E-state index in [0.717, 1.165) is 36.8 Å². The number of rotatable bonds is 6. The van der Waals surface area contributed by atoms with Crippen molar-refractivity contribution in [3.05, 3.63) is 16.6 Å². The number of amides is 1. The van der Waals surface area contributed by atoms with Crippen LogP contribution in [0.15, 0.2) is 16.6 Å². The maximum absolute atomic E-state index is 12.1. The summed E-state index contributed by atoms with van der Waals surface area (Å²) in [6.45, 7) is 2.13. The van der Waals surface area contributed by atoms with Crippen LogP contribution in [0.3, 0.4) is 0 Å². The summed E-state index contributed by atoms with van der Waals surface area (Å²) in [5.74, 6) is 1.91.